The Balaban J connectivity index is 1.66. The van der Waals surface area contributed by atoms with E-state index in [0.29, 0.717) is 25.7 Å². The van der Waals surface area contributed by atoms with Crippen molar-refractivity contribution in [1.82, 2.24) is 4.90 Å². The van der Waals surface area contributed by atoms with Gasteiger partial charge < -0.3 is 24.1 Å². The maximum atomic E-state index is 13.2. The first kappa shape index (κ1) is 21.3. The quantitative estimate of drug-likeness (QED) is 0.662. The number of Topliss-reactive ketones (excluding diaryl/α,β-unsaturated/α-hetero) is 1. The maximum absolute atomic E-state index is 13.2. The number of hydrogen-bond acceptors (Lipinski definition) is 5. The van der Waals surface area contributed by atoms with Gasteiger partial charge in [0.1, 0.15) is 13.1 Å². The van der Waals surface area contributed by atoms with E-state index < -0.39 is 23.5 Å². The van der Waals surface area contributed by atoms with Gasteiger partial charge in [-0.2, -0.15) is 0 Å². The molecular weight excluding hydrogens is 396 g/mol. The number of carbonyl (C=O) groups excluding carboxylic acids is 2. The fourth-order valence-electron chi connectivity index (χ4n) is 4.26. The van der Waals surface area contributed by atoms with Crippen molar-refractivity contribution < 1.29 is 28.7 Å². The zero-order valence-electron chi connectivity index (χ0n) is 18.0. The summed E-state index contributed by atoms with van der Waals surface area (Å²) in [6.07, 6.45) is 1.41. The molecule has 0 spiro atoms. The second-order valence-electron chi connectivity index (χ2n) is 8.40. The third-order valence-corrected chi connectivity index (χ3v) is 6.12. The van der Waals surface area contributed by atoms with Crippen LogP contribution in [-0.2, 0) is 9.53 Å². The Morgan fingerprint density at radius 3 is 2.52 bits per heavy atom. The zero-order chi connectivity index (χ0) is 22.0. The van der Waals surface area contributed by atoms with E-state index in [-0.39, 0.29) is 11.3 Å². The number of aliphatic hydroxyl groups is 1. The zero-order valence-corrected chi connectivity index (χ0v) is 18.0. The lowest BCUT2D eigenvalue weighted by Crippen LogP contribution is -3.14. The van der Waals surface area contributed by atoms with Crippen LogP contribution in [0.5, 0.6) is 0 Å². The number of rotatable bonds is 7. The van der Waals surface area contributed by atoms with Gasteiger partial charge >= 0.3 is 0 Å². The lowest BCUT2D eigenvalue weighted by atomic mass is 9.93. The van der Waals surface area contributed by atoms with Crippen LogP contribution < -0.4 is 4.90 Å². The summed E-state index contributed by atoms with van der Waals surface area (Å²) in [6, 6.07) is 10.4. The summed E-state index contributed by atoms with van der Waals surface area (Å²) < 4.78 is 10.7. The van der Waals surface area contributed by atoms with E-state index in [1.807, 2.05) is 24.3 Å². The van der Waals surface area contributed by atoms with Gasteiger partial charge in [0, 0.05) is 0 Å². The van der Waals surface area contributed by atoms with Crippen LogP contribution in [0.2, 0.25) is 0 Å². The summed E-state index contributed by atoms with van der Waals surface area (Å²) in [5.74, 6) is -0.987. The van der Waals surface area contributed by atoms with Crippen molar-refractivity contribution in [2.24, 2.45) is 0 Å². The van der Waals surface area contributed by atoms with Crippen molar-refractivity contribution in [3.63, 3.8) is 0 Å². The maximum Gasteiger partial charge on any atom is 0.290 e. The van der Waals surface area contributed by atoms with E-state index in [1.165, 1.54) is 16.7 Å². The van der Waals surface area contributed by atoms with Crippen LogP contribution in [0.25, 0.3) is 0 Å². The Morgan fingerprint density at radius 1 is 1.19 bits per heavy atom. The molecule has 2 aliphatic heterocycles. The van der Waals surface area contributed by atoms with Gasteiger partial charge in [0.2, 0.25) is 5.78 Å². The van der Waals surface area contributed by atoms with Crippen molar-refractivity contribution in [3.05, 3.63) is 70.9 Å². The van der Waals surface area contributed by atoms with Gasteiger partial charge in [-0.15, -0.1) is 0 Å². The molecule has 1 fully saturated rings. The molecule has 3 heterocycles. The third kappa shape index (κ3) is 4.29. The number of ether oxygens (including phenoxy) is 1. The summed E-state index contributed by atoms with van der Waals surface area (Å²) in [7, 11) is 0. The van der Waals surface area contributed by atoms with Crippen LogP contribution >= 0.6 is 0 Å². The number of carbonyl (C=O) groups is 2. The van der Waals surface area contributed by atoms with E-state index in [0.717, 1.165) is 25.2 Å². The molecule has 164 valence electrons. The minimum absolute atomic E-state index is 0.0780. The molecule has 0 saturated carbocycles. The van der Waals surface area contributed by atoms with E-state index in [2.05, 4.69) is 13.8 Å². The molecular formula is C24H29N2O5+. The number of ketones is 1. The fourth-order valence-corrected chi connectivity index (χ4v) is 4.26. The molecule has 7 nitrogen and oxygen atoms in total. The summed E-state index contributed by atoms with van der Waals surface area (Å²) in [5, 5.41) is 10.7. The van der Waals surface area contributed by atoms with Crippen molar-refractivity contribution >= 4 is 11.7 Å². The van der Waals surface area contributed by atoms with Gasteiger partial charge in [-0.25, -0.2) is 0 Å². The molecule has 1 aromatic carbocycles. The van der Waals surface area contributed by atoms with Gasteiger partial charge in [-0.1, -0.05) is 38.1 Å². The first-order valence-corrected chi connectivity index (χ1v) is 10.8. The Labute approximate surface area is 181 Å². The number of nitrogens with zero attached hydrogens (tertiary/aromatic N) is 1. The average Bonchev–Trinajstić information content (AvgIpc) is 3.41. The first-order valence-electron chi connectivity index (χ1n) is 10.8. The van der Waals surface area contributed by atoms with Crippen LogP contribution in [0.3, 0.4) is 0 Å². The number of quaternary nitrogens is 1. The molecule has 1 saturated heterocycles. The van der Waals surface area contributed by atoms with Crippen LogP contribution in [0.4, 0.5) is 0 Å². The van der Waals surface area contributed by atoms with Gasteiger partial charge in [-0.3, -0.25) is 9.59 Å². The highest BCUT2D eigenvalue weighted by molar-refractivity contribution is 6.15. The fraction of sp³-hybridized carbons (Fsp3) is 0.417. The second kappa shape index (κ2) is 9.08. The van der Waals surface area contributed by atoms with Crippen molar-refractivity contribution in [3.8, 4) is 0 Å². The molecule has 2 N–H and O–H groups in total. The molecule has 1 aromatic heterocycles. The lowest BCUT2D eigenvalue weighted by Gasteiger charge is -2.30. The van der Waals surface area contributed by atoms with E-state index in [1.54, 1.807) is 17.0 Å². The number of aliphatic hydroxyl groups excluding tert-OH is 1. The van der Waals surface area contributed by atoms with Gasteiger partial charge in [0.15, 0.2) is 11.5 Å². The van der Waals surface area contributed by atoms with Crippen LogP contribution in [0.1, 0.15) is 47.5 Å². The largest absolute Gasteiger partial charge is 0.503 e. The van der Waals surface area contributed by atoms with E-state index >= 15 is 0 Å². The Hall–Kier alpha value is -2.90. The summed E-state index contributed by atoms with van der Waals surface area (Å²) in [6.45, 7) is 8.56. The molecule has 0 unspecified atom stereocenters. The van der Waals surface area contributed by atoms with Gasteiger partial charge in [-0.05, 0) is 29.2 Å². The van der Waals surface area contributed by atoms with Crippen molar-refractivity contribution in [2.45, 2.75) is 25.8 Å². The van der Waals surface area contributed by atoms with Crippen LogP contribution in [-0.4, -0.2) is 61.1 Å². The Kier molecular flexibility index (Phi) is 6.25. The standard InChI is InChI=1S/C24H28N2O5/c1-16(2)17-5-7-18(8-6-17)21-20(22(27)19-4-3-13-31-19)23(28)24(29)26(21)10-9-25-11-14-30-15-12-25/h3-8,13,16,21,28H,9-12,14-15H2,1-2H3/p+1/t21-/m0/s1. The summed E-state index contributed by atoms with van der Waals surface area (Å²) in [5.41, 5.74) is 2.05. The first-order chi connectivity index (χ1) is 15.0. The molecule has 31 heavy (non-hydrogen) atoms. The minimum Gasteiger partial charge on any atom is -0.503 e. The predicted molar refractivity (Wildman–Crippen MR) is 114 cm³/mol. The van der Waals surface area contributed by atoms with E-state index in [9.17, 15) is 14.7 Å². The minimum atomic E-state index is -0.647. The second-order valence-corrected chi connectivity index (χ2v) is 8.40. The number of nitrogens with one attached hydrogen (secondary N) is 1. The highest BCUT2D eigenvalue weighted by atomic mass is 16.5. The SMILES string of the molecule is CC(C)c1ccc([C@H]2C(C(=O)c3ccco3)=C(O)C(=O)N2CC[NH+]2CCOCC2)cc1. The molecule has 1 amide bonds. The Bertz CT molecular complexity index is 956. The number of morpholine rings is 1. The smallest absolute Gasteiger partial charge is 0.290 e. The molecule has 2 aromatic rings. The number of benzene rings is 1. The monoisotopic (exact) mass is 425 g/mol. The summed E-state index contributed by atoms with van der Waals surface area (Å²) >= 11 is 0. The Morgan fingerprint density at radius 2 is 1.90 bits per heavy atom. The topological polar surface area (TPSA) is 84.4 Å². The molecule has 1 atom stereocenters. The third-order valence-electron chi connectivity index (χ3n) is 6.12. The van der Waals surface area contributed by atoms with Gasteiger partial charge in [0.25, 0.3) is 5.91 Å². The molecule has 2 aliphatic rings. The number of furan rings is 1. The highest BCUT2D eigenvalue weighted by Crippen LogP contribution is 2.39. The van der Waals surface area contributed by atoms with Crippen molar-refractivity contribution in [1.29, 1.82) is 0 Å². The highest BCUT2D eigenvalue weighted by Gasteiger charge is 2.44. The van der Waals surface area contributed by atoms with Crippen LogP contribution in [0.15, 0.2) is 58.4 Å². The average molecular weight is 426 g/mol. The number of hydrogen-bond donors (Lipinski definition) is 2. The molecule has 4 rings (SSSR count). The molecule has 0 aliphatic carbocycles. The molecule has 0 radical (unpaired) electrons. The van der Waals surface area contributed by atoms with Gasteiger partial charge in [0.05, 0.1) is 44.2 Å². The predicted octanol–water partition coefficient (Wildman–Crippen LogP) is 1.90. The number of amides is 1. The van der Waals surface area contributed by atoms with Crippen molar-refractivity contribution in [2.75, 3.05) is 39.4 Å². The normalized spacial score (nSPS) is 20.2. The van der Waals surface area contributed by atoms with Crippen LogP contribution in [0, 0.1) is 0 Å². The molecule has 0 bridgehead atoms. The van der Waals surface area contributed by atoms with E-state index in [4.69, 9.17) is 9.15 Å². The lowest BCUT2D eigenvalue weighted by molar-refractivity contribution is -0.907. The molecule has 7 heteroatoms. The summed E-state index contributed by atoms with van der Waals surface area (Å²) in [4.78, 5) is 29.1.